The Morgan fingerprint density at radius 2 is 1.95 bits per heavy atom. The first-order chi connectivity index (χ1) is 9.08. The molecular formula is C13H7F2IN2S. The van der Waals surface area contributed by atoms with Gasteiger partial charge in [0.1, 0.15) is 0 Å². The van der Waals surface area contributed by atoms with Gasteiger partial charge in [0.15, 0.2) is 16.4 Å². The van der Waals surface area contributed by atoms with Gasteiger partial charge in [-0.15, -0.1) is 0 Å². The van der Waals surface area contributed by atoms with Crippen molar-refractivity contribution in [3.63, 3.8) is 0 Å². The number of nitrogens with one attached hydrogen (secondary N) is 1. The van der Waals surface area contributed by atoms with Crippen LogP contribution in [-0.4, -0.2) is 9.55 Å². The molecule has 3 rings (SSSR count). The second kappa shape index (κ2) is 4.68. The van der Waals surface area contributed by atoms with Crippen LogP contribution in [0.3, 0.4) is 0 Å². The molecule has 0 atom stereocenters. The number of imidazole rings is 1. The Balaban J connectivity index is 2.40. The molecule has 0 saturated heterocycles. The van der Waals surface area contributed by atoms with Crippen molar-refractivity contribution in [1.82, 2.24) is 9.55 Å². The Morgan fingerprint density at radius 1 is 1.16 bits per heavy atom. The molecule has 3 aromatic rings. The van der Waals surface area contributed by atoms with Gasteiger partial charge in [-0.2, -0.15) is 0 Å². The molecule has 19 heavy (non-hydrogen) atoms. The molecule has 0 radical (unpaired) electrons. The molecule has 0 fully saturated rings. The van der Waals surface area contributed by atoms with E-state index in [-0.39, 0.29) is 5.69 Å². The first kappa shape index (κ1) is 12.7. The summed E-state index contributed by atoms with van der Waals surface area (Å²) in [7, 11) is 0. The first-order valence-corrected chi connectivity index (χ1v) is 6.91. The van der Waals surface area contributed by atoms with E-state index in [0.29, 0.717) is 4.77 Å². The zero-order chi connectivity index (χ0) is 13.6. The Labute approximate surface area is 126 Å². The quantitative estimate of drug-likeness (QED) is 0.479. The fourth-order valence-electron chi connectivity index (χ4n) is 1.99. The molecule has 0 aliphatic rings. The highest BCUT2D eigenvalue weighted by atomic mass is 127. The standard InChI is InChI=1S/C13H7F2IN2S/c14-8-2-1-3-11(12(8)15)18-10-5-4-7(16)6-9(10)17-13(18)19/h1-6H,(H,17,19). The number of halogens is 3. The summed E-state index contributed by atoms with van der Waals surface area (Å²) in [5, 5.41) is 0. The molecule has 0 unspecified atom stereocenters. The molecule has 2 nitrogen and oxygen atoms in total. The van der Waals surface area contributed by atoms with Gasteiger partial charge in [0.05, 0.1) is 16.7 Å². The maximum atomic E-state index is 13.9. The molecule has 0 bridgehead atoms. The maximum Gasteiger partial charge on any atom is 0.182 e. The number of benzene rings is 2. The second-order valence-corrected chi connectivity index (χ2v) is 5.63. The number of fused-ring (bicyclic) bond motifs is 1. The van der Waals surface area contributed by atoms with Crippen molar-refractivity contribution in [2.45, 2.75) is 0 Å². The van der Waals surface area contributed by atoms with E-state index in [2.05, 4.69) is 27.6 Å². The van der Waals surface area contributed by atoms with Crippen LogP contribution in [0, 0.1) is 20.0 Å². The summed E-state index contributed by atoms with van der Waals surface area (Å²) >= 11 is 7.38. The Morgan fingerprint density at radius 3 is 2.74 bits per heavy atom. The average Bonchev–Trinajstić information content (AvgIpc) is 2.68. The Kier molecular flexibility index (Phi) is 3.14. The van der Waals surface area contributed by atoms with E-state index < -0.39 is 11.6 Å². The summed E-state index contributed by atoms with van der Waals surface area (Å²) in [5.41, 5.74) is 1.62. The van der Waals surface area contributed by atoms with Crippen molar-refractivity contribution in [2.24, 2.45) is 0 Å². The molecule has 1 heterocycles. The second-order valence-electron chi connectivity index (χ2n) is 4.00. The Bertz CT molecular complexity index is 838. The van der Waals surface area contributed by atoms with E-state index >= 15 is 0 Å². The molecule has 0 amide bonds. The van der Waals surface area contributed by atoms with Crippen LogP contribution in [0.15, 0.2) is 36.4 Å². The number of nitrogens with zero attached hydrogens (tertiary/aromatic N) is 1. The zero-order valence-corrected chi connectivity index (χ0v) is 12.4. The van der Waals surface area contributed by atoms with Crippen LogP contribution in [-0.2, 0) is 0 Å². The van der Waals surface area contributed by atoms with Crippen molar-refractivity contribution in [1.29, 1.82) is 0 Å². The van der Waals surface area contributed by atoms with Gasteiger partial charge in [-0.3, -0.25) is 4.57 Å². The fraction of sp³-hybridized carbons (Fsp3) is 0. The molecule has 0 spiro atoms. The number of hydrogen-bond donors (Lipinski definition) is 1. The summed E-state index contributed by atoms with van der Waals surface area (Å²) in [6.07, 6.45) is 0. The van der Waals surface area contributed by atoms with Gasteiger partial charge >= 0.3 is 0 Å². The van der Waals surface area contributed by atoms with Crippen LogP contribution in [0.4, 0.5) is 8.78 Å². The number of aromatic nitrogens is 2. The highest BCUT2D eigenvalue weighted by Crippen LogP contribution is 2.24. The molecule has 2 aromatic carbocycles. The van der Waals surface area contributed by atoms with Crippen LogP contribution in [0.2, 0.25) is 0 Å². The third kappa shape index (κ3) is 2.08. The highest BCUT2D eigenvalue weighted by Gasteiger charge is 2.13. The summed E-state index contributed by atoms with van der Waals surface area (Å²) in [6.45, 7) is 0. The normalized spacial score (nSPS) is 11.1. The molecule has 0 aliphatic carbocycles. The van der Waals surface area contributed by atoms with Crippen molar-refractivity contribution >= 4 is 45.8 Å². The van der Waals surface area contributed by atoms with Crippen LogP contribution in [0.5, 0.6) is 0 Å². The lowest BCUT2D eigenvalue weighted by molar-refractivity contribution is 0.504. The topological polar surface area (TPSA) is 20.7 Å². The van der Waals surface area contributed by atoms with Crippen LogP contribution in [0.1, 0.15) is 0 Å². The predicted octanol–water partition coefficient (Wildman–Crippen LogP) is 4.57. The Hall–Kier alpha value is -1.28. The molecule has 96 valence electrons. The first-order valence-electron chi connectivity index (χ1n) is 5.42. The van der Waals surface area contributed by atoms with Crippen molar-refractivity contribution in [3.8, 4) is 5.69 Å². The predicted molar refractivity (Wildman–Crippen MR) is 81.1 cm³/mol. The van der Waals surface area contributed by atoms with Crippen LogP contribution in [0.25, 0.3) is 16.7 Å². The van der Waals surface area contributed by atoms with E-state index in [9.17, 15) is 8.78 Å². The van der Waals surface area contributed by atoms with E-state index in [1.165, 1.54) is 16.7 Å². The number of hydrogen-bond acceptors (Lipinski definition) is 1. The average molecular weight is 388 g/mol. The third-order valence-electron chi connectivity index (χ3n) is 2.82. The molecular weight excluding hydrogens is 381 g/mol. The van der Waals surface area contributed by atoms with Crippen molar-refractivity contribution < 1.29 is 8.78 Å². The lowest BCUT2D eigenvalue weighted by atomic mass is 10.2. The fourth-order valence-corrected chi connectivity index (χ4v) is 2.79. The highest BCUT2D eigenvalue weighted by molar-refractivity contribution is 14.1. The van der Waals surface area contributed by atoms with Gasteiger partial charge in [0.25, 0.3) is 0 Å². The van der Waals surface area contributed by atoms with Gasteiger partial charge < -0.3 is 4.98 Å². The minimum atomic E-state index is -0.905. The largest absolute Gasteiger partial charge is 0.330 e. The molecule has 0 aliphatic heterocycles. The monoisotopic (exact) mass is 388 g/mol. The lowest BCUT2D eigenvalue weighted by Crippen LogP contribution is -1.99. The third-order valence-corrected chi connectivity index (χ3v) is 3.77. The van der Waals surface area contributed by atoms with E-state index in [4.69, 9.17) is 12.2 Å². The van der Waals surface area contributed by atoms with E-state index in [1.54, 1.807) is 0 Å². The lowest BCUT2D eigenvalue weighted by Gasteiger charge is -2.06. The summed E-state index contributed by atoms with van der Waals surface area (Å²) in [5.74, 6) is -1.79. The van der Waals surface area contributed by atoms with Crippen LogP contribution >= 0.6 is 34.8 Å². The molecule has 1 N–H and O–H groups in total. The zero-order valence-electron chi connectivity index (χ0n) is 9.45. The van der Waals surface area contributed by atoms with Crippen molar-refractivity contribution in [2.75, 3.05) is 0 Å². The van der Waals surface area contributed by atoms with Crippen LogP contribution < -0.4 is 0 Å². The van der Waals surface area contributed by atoms with Gasteiger partial charge in [0.2, 0.25) is 0 Å². The summed E-state index contributed by atoms with van der Waals surface area (Å²) < 4.78 is 30.1. The summed E-state index contributed by atoms with van der Waals surface area (Å²) in [6, 6.07) is 9.66. The number of H-pyrrole nitrogens is 1. The minimum Gasteiger partial charge on any atom is -0.330 e. The maximum absolute atomic E-state index is 13.9. The van der Waals surface area contributed by atoms with E-state index in [1.807, 2.05) is 18.2 Å². The molecule has 1 aromatic heterocycles. The number of rotatable bonds is 1. The summed E-state index contributed by atoms with van der Waals surface area (Å²) in [4.78, 5) is 3.00. The molecule has 6 heteroatoms. The van der Waals surface area contributed by atoms with Gasteiger partial charge in [-0.1, -0.05) is 6.07 Å². The molecule has 0 saturated carbocycles. The smallest absolute Gasteiger partial charge is 0.182 e. The van der Waals surface area contributed by atoms with Crippen molar-refractivity contribution in [3.05, 3.63) is 56.4 Å². The minimum absolute atomic E-state index is 0.109. The SMILES string of the molecule is Fc1cccc(-n2c(=S)[nH]c3cc(I)ccc32)c1F. The number of aromatic amines is 1. The van der Waals surface area contributed by atoms with Gasteiger partial charge in [-0.05, 0) is 65.1 Å². The van der Waals surface area contributed by atoms with E-state index in [0.717, 1.165) is 20.7 Å². The van der Waals surface area contributed by atoms with Gasteiger partial charge in [-0.25, -0.2) is 8.78 Å². The van der Waals surface area contributed by atoms with Gasteiger partial charge in [0, 0.05) is 3.57 Å².